The van der Waals surface area contributed by atoms with Crippen molar-refractivity contribution in [3.05, 3.63) is 35.7 Å². The van der Waals surface area contributed by atoms with Crippen LogP contribution in [-0.4, -0.2) is 30.0 Å². The summed E-state index contributed by atoms with van der Waals surface area (Å²) in [5.74, 6) is 0.798. The highest BCUT2D eigenvalue weighted by Gasteiger charge is 2.36. The minimum absolute atomic E-state index is 0.0413. The van der Waals surface area contributed by atoms with Crippen LogP contribution in [0.25, 0.3) is 5.57 Å². The third kappa shape index (κ3) is 2.90. The molecule has 110 valence electrons. The van der Waals surface area contributed by atoms with E-state index in [-0.39, 0.29) is 5.88 Å². The topological polar surface area (TPSA) is 61.7 Å². The van der Waals surface area contributed by atoms with Gasteiger partial charge in [-0.05, 0) is 30.5 Å². The van der Waals surface area contributed by atoms with Gasteiger partial charge in [0.1, 0.15) is 5.75 Å². The zero-order valence-electron chi connectivity index (χ0n) is 12.1. The molecule has 1 fully saturated rings. The summed E-state index contributed by atoms with van der Waals surface area (Å²) in [4.78, 5) is 0. The van der Waals surface area contributed by atoms with Gasteiger partial charge in [0.05, 0.1) is 18.3 Å². The molecular formula is C16H23NO3. The van der Waals surface area contributed by atoms with Crippen molar-refractivity contribution < 1.29 is 14.9 Å². The van der Waals surface area contributed by atoms with Gasteiger partial charge in [-0.2, -0.15) is 0 Å². The molecule has 1 saturated carbocycles. The molecule has 0 aromatic heterocycles. The molecule has 0 amide bonds. The van der Waals surface area contributed by atoms with Crippen molar-refractivity contribution in [2.24, 2.45) is 0 Å². The first-order valence-corrected chi connectivity index (χ1v) is 7.09. The van der Waals surface area contributed by atoms with Gasteiger partial charge in [0.15, 0.2) is 5.88 Å². The van der Waals surface area contributed by atoms with Gasteiger partial charge in [0.25, 0.3) is 0 Å². The summed E-state index contributed by atoms with van der Waals surface area (Å²) in [5, 5.41) is 23.9. The molecule has 1 aromatic rings. The minimum atomic E-state index is -0.958. The Morgan fingerprint density at radius 1 is 1.15 bits per heavy atom. The Morgan fingerprint density at radius 3 is 2.25 bits per heavy atom. The first-order chi connectivity index (χ1) is 9.60. The summed E-state index contributed by atoms with van der Waals surface area (Å²) >= 11 is 0. The molecule has 1 aromatic carbocycles. The van der Waals surface area contributed by atoms with Crippen LogP contribution in [0.2, 0.25) is 0 Å². The van der Waals surface area contributed by atoms with Gasteiger partial charge in [-0.15, -0.1) is 0 Å². The van der Waals surface area contributed by atoms with Crippen LogP contribution in [0.4, 0.5) is 0 Å². The molecule has 0 saturated heterocycles. The van der Waals surface area contributed by atoms with Crippen molar-refractivity contribution in [1.82, 2.24) is 5.32 Å². The fourth-order valence-corrected chi connectivity index (χ4v) is 2.90. The summed E-state index contributed by atoms with van der Waals surface area (Å²) in [6.45, 7) is 0. The van der Waals surface area contributed by atoms with Gasteiger partial charge in [-0.3, -0.25) is 0 Å². The average Bonchev–Trinajstić information content (AvgIpc) is 2.48. The second kappa shape index (κ2) is 6.18. The van der Waals surface area contributed by atoms with Crippen molar-refractivity contribution >= 4 is 5.57 Å². The number of rotatable bonds is 4. The number of benzene rings is 1. The first-order valence-electron chi connectivity index (χ1n) is 7.09. The fraction of sp³-hybridized carbons (Fsp3) is 0.500. The number of aliphatic hydroxyl groups is 2. The Kier molecular flexibility index (Phi) is 4.55. The largest absolute Gasteiger partial charge is 0.497 e. The lowest BCUT2D eigenvalue weighted by Crippen LogP contribution is -2.35. The summed E-state index contributed by atoms with van der Waals surface area (Å²) in [7, 11) is 3.27. The number of ether oxygens (including phenoxy) is 1. The van der Waals surface area contributed by atoms with Gasteiger partial charge >= 0.3 is 0 Å². The highest BCUT2D eigenvalue weighted by Crippen LogP contribution is 2.40. The molecule has 2 rings (SSSR count). The minimum Gasteiger partial charge on any atom is -0.497 e. The van der Waals surface area contributed by atoms with Crippen molar-refractivity contribution in [3.63, 3.8) is 0 Å². The SMILES string of the molecule is CN/C(O)=C(\c1ccc(OC)cc1)C1(O)CCCCC1. The van der Waals surface area contributed by atoms with E-state index in [4.69, 9.17) is 4.74 Å². The molecule has 20 heavy (non-hydrogen) atoms. The Morgan fingerprint density at radius 2 is 1.75 bits per heavy atom. The standard InChI is InChI=1S/C16H23NO3/c1-17-15(18)14(16(19)10-4-3-5-11-16)12-6-8-13(20-2)9-7-12/h6-9,17-19H,3-5,10-11H2,1-2H3/b15-14-. The van der Waals surface area contributed by atoms with Crippen LogP contribution in [0.1, 0.15) is 37.7 Å². The van der Waals surface area contributed by atoms with E-state index in [0.29, 0.717) is 18.4 Å². The van der Waals surface area contributed by atoms with E-state index >= 15 is 0 Å². The molecule has 0 radical (unpaired) electrons. The zero-order valence-corrected chi connectivity index (χ0v) is 12.1. The van der Waals surface area contributed by atoms with Gasteiger partial charge in [0, 0.05) is 7.05 Å². The molecule has 1 aliphatic rings. The van der Waals surface area contributed by atoms with E-state index < -0.39 is 5.60 Å². The van der Waals surface area contributed by atoms with Gasteiger partial charge in [-0.25, -0.2) is 0 Å². The van der Waals surface area contributed by atoms with E-state index in [1.54, 1.807) is 14.2 Å². The normalized spacial score (nSPS) is 19.1. The smallest absolute Gasteiger partial charge is 0.190 e. The molecule has 0 aliphatic heterocycles. The number of aliphatic hydroxyl groups excluding tert-OH is 1. The molecule has 0 heterocycles. The van der Waals surface area contributed by atoms with E-state index in [1.165, 1.54) is 0 Å². The maximum atomic E-state index is 10.9. The summed E-state index contributed by atoms with van der Waals surface area (Å²) in [5.41, 5.74) is 0.448. The lowest BCUT2D eigenvalue weighted by Gasteiger charge is -2.35. The second-order valence-electron chi connectivity index (χ2n) is 5.29. The molecule has 3 N–H and O–H groups in total. The number of methoxy groups -OCH3 is 1. The van der Waals surface area contributed by atoms with E-state index in [1.807, 2.05) is 24.3 Å². The lowest BCUT2D eigenvalue weighted by atomic mass is 9.77. The van der Waals surface area contributed by atoms with Crippen molar-refractivity contribution in [2.75, 3.05) is 14.2 Å². The zero-order chi connectivity index (χ0) is 14.6. The average molecular weight is 277 g/mol. The molecule has 0 unspecified atom stereocenters. The van der Waals surface area contributed by atoms with E-state index in [0.717, 1.165) is 30.6 Å². The molecule has 1 aliphatic carbocycles. The highest BCUT2D eigenvalue weighted by atomic mass is 16.5. The molecule has 4 heteroatoms. The van der Waals surface area contributed by atoms with Crippen molar-refractivity contribution in [3.8, 4) is 5.75 Å². The van der Waals surface area contributed by atoms with Crippen LogP contribution in [0.5, 0.6) is 5.75 Å². The second-order valence-corrected chi connectivity index (χ2v) is 5.29. The maximum absolute atomic E-state index is 10.9. The molecular weight excluding hydrogens is 254 g/mol. The Hall–Kier alpha value is -1.68. The van der Waals surface area contributed by atoms with E-state index in [9.17, 15) is 10.2 Å². The molecule has 0 spiro atoms. The Labute approximate surface area is 120 Å². The van der Waals surface area contributed by atoms with Gasteiger partial charge < -0.3 is 20.3 Å². The molecule has 0 bridgehead atoms. The first kappa shape index (κ1) is 14.7. The quantitative estimate of drug-likeness (QED) is 0.741. The number of hydrogen-bond acceptors (Lipinski definition) is 4. The van der Waals surface area contributed by atoms with Crippen molar-refractivity contribution in [2.45, 2.75) is 37.7 Å². The van der Waals surface area contributed by atoms with E-state index in [2.05, 4.69) is 5.32 Å². The summed E-state index contributed by atoms with van der Waals surface area (Å²) in [6.07, 6.45) is 4.46. The number of nitrogens with one attached hydrogen (secondary N) is 1. The van der Waals surface area contributed by atoms with Crippen LogP contribution in [0.3, 0.4) is 0 Å². The maximum Gasteiger partial charge on any atom is 0.190 e. The predicted molar refractivity (Wildman–Crippen MR) is 79.6 cm³/mol. The third-order valence-electron chi connectivity index (χ3n) is 4.00. The van der Waals surface area contributed by atoms with Crippen molar-refractivity contribution in [1.29, 1.82) is 0 Å². The van der Waals surface area contributed by atoms with Crippen LogP contribution < -0.4 is 10.1 Å². The fourth-order valence-electron chi connectivity index (χ4n) is 2.90. The van der Waals surface area contributed by atoms with Crippen LogP contribution in [0.15, 0.2) is 30.1 Å². The van der Waals surface area contributed by atoms with Gasteiger partial charge in [-0.1, -0.05) is 31.4 Å². The Bertz CT molecular complexity index is 473. The lowest BCUT2D eigenvalue weighted by molar-refractivity contribution is 0.0583. The number of hydrogen-bond donors (Lipinski definition) is 3. The third-order valence-corrected chi connectivity index (χ3v) is 4.00. The monoisotopic (exact) mass is 277 g/mol. The van der Waals surface area contributed by atoms with Crippen LogP contribution in [-0.2, 0) is 0 Å². The molecule has 0 atom stereocenters. The Balaban J connectivity index is 2.42. The predicted octanol–water partition coefficient (Wildman–Crippen LogP) is 2.84. The van der Waals surface area contributed by atoms with Crippen LogP contribution in [0, 0.1) is 0 Å². The van der Waals surface area contributed by atoms with Gasteiger partial charge in [0.2, 0.25) is 0 Å². The summed E-state index contributed by atoms with van der Waals surface area (Å²) < 4.78 is 5.15. The highest BCUT2D eigenvalue weighted by molar-refractivity contribution is 5.73. The van der Waals surface area contributed by atoms with Crippen LogP contribution >= 0.6 is 0 Å². The molecule has 4 nitrogen and oxygen atoms in total. The summed E-state index contributed by atoms with van der Waals surface area (Å²) in [6, 6.07) is 7.41.